The van der Waals surface area contributed by atoms with E-state index in [-0.39, 0.29) is 5.69 Å². The Hall–Kier alpha value is -2.01. The number of amides is 1. The number of hydrogen-bond donors (Lipinski definition) is 1. The maximum atomic E-state index is 13.6. The van der Waals surface area contributed by atoms with Crippen LogP contribution in [0.5, 0.6) is 0 Å². The fourth-order valence-corrected chi connectivity index (χ4v) is 2.25. The average Bonchev–Trinajstić information content (AvgIpc) is 2.43. The van der Waals surface area contributed by atoms with Gasteiger partial charge < -0.3 is 5.32 Å². The van der Waals surface area contributed by atoms with E-state index in [9.17, 15) is 13.4 Å². The summed E-state index contributed by atoms with van der Waals surface area (Å²) < 4.78 is 24.8. The van der Waals surface area contributed by atoms with Crippen LogP contribution in [0.2, 0.25) is 0 Å². The monoisotopic (exact) mass is 291 g/mol. The summed E-state index contributed by atoms with van der Waals surface area (Å²) in [6.45, 7) is 1.82. The summed E-state index contributed by atoms with van der Waals surface area (Å²) in [5.41, 5.74) is 1.40. The lowest BCUT2D eigenvalue weighted by Crippen LogP contribution is -2.13. The predicted molar refractivity (Wildman–Crippen MR) is 77.9 cm³/mol. The van der Waals surface area contributed by atoms with Crippen molar-refractivity contribution in [3.05, 3.63) is 59.4 Å². The Morgan fingerprint density at radius 3 is 2.40 bits per heavy atom. The first-order valence-corrected chi connectivity index (χ1v) is 7.54. The molecule has 1 amide bonds. The molecule has 0 bridgehead atoms. The number of nitrogens with one attached hydrogen (secondary N) is 1. The van der Waals surface area contributed by atoms with Crippen LogP contribution in [-0.2, 0) is 10.8 Å². The van der Waals surface area contributed by atoms with Crippen molar-refractivity contribution in [3.8, 4) is 0 Å². The zero-order chi connectivity index (χ0) is 14.7. The van der Waals surface area contributed by atoms with Gasteiger partial charge in [0, 0.05) is 27.5 Å². The molecule has 3 nitrogen and oxygen atoms in total. The van der Waals surface area contributed by atoms with Crippen LogP contribution >= 0.6 is 0 Å². The van der Waals surface area contributed by atoms with E-state index in [4.69, 9.17) is 0 Å². The van der Waals surface area contributed by atoms with E-state index in [0.29, 0.717) is 10.5 Å². The van der Waals surface area contributed by atoms with Crippen molar-refractivity contribution in [2.75, 3.05) is 11.6 Å². The van der Waals surface area contributed by atoms with Crippen LogP contribution in [0.3, 0.4) is 0 Å². The molecule has 0 radical (unpaired) electrons. The third-order valence-corrected chi connectivity index (χ3v) is 3.75. The number of carbonyl (C=O) groups excluding carboxylic acids is 1. The molecule has 2 rings (SSSR count). The first kappa shape index (κ1) is 14.4. The second-order valence-corrected chi connectivity index (χ2v) is 5.80. The molecule has 0 spiro atoms. The minimum atomic E-state index is -1.09. The molecule has 0 aliphatic rings. The summed E-state index contributed by atoms with van der Waals surface area (Å²) in [5.74, 6) is -0.877. The van der Waals surface area contributed by atoms with Gasteiger partial charge in [0.25, 0.3) is 5.91 Å². The Morgan fingerprint density at radius 2 is 1.80 bits per heavy atom. The molecule has 0 saturated carbocycles. The Balaban J connectivity index is 2.19. The maximum absolute atomic E-state index is 13.6. The fourth-order valence-electron chi connectivity index (χ4n) is 1.73. The van der Waals surface area contributed by atoms with Crippen LogP contribution in [0, 0.1) is 12.7 Å². The molecule has 0 heterocycles. The summed E-state index contributed by atoms with van der Waals surface area (Å²) >= 11 is 0. The van der Waals surface area contributed by atoms with Gasteiger partial charge in [0.1, 0.15) is 5.82 Å². The van der Waals surface area contributed by atoms with Crippen molar-refractivity contribution in [2.45, 2.75) is 11.8 Å². The molecule has 1 N–H and O–H groups in total. The first-order valence-electron chi connectivity index (χ1n) is 5.98. The van der Waals surface area contributed by atoms with Crippen molar-refractivity contribution >= 4 is 22.4 Å². The third kappa shape index (κ3) is 3.30. The molecule has 2 aromatic carbocycles. The summed E-state index contributed by atoms with van der Waals surface area (Å²) in [5, 5.41) is 2.53. The lowest BCUT2D eigenvalue weighted by Gasteiger charge is -2.07. The quantitative estimate of drug-likeness (QED) is 0.944. The molecule has 0 fully saturated rings. The van der Waals surface area contributed by atoms with Crippen LogP contribution < -0.4 is 5.32 Å². The molecule has 0 saturated heterocycles. The molecule has 0 aliphatic heterocycles. The van der Waals surface area contributed by atoms with Crippen LogP contribution in [-0.4, -0.2) is 16.4 Å². The highest BCUT2D eigenvalue weighted by Crippen LogP contribution is 2.17. The summed E-state index contributed by atoms with van der Waals surface area (Å²) in [6.07, 6.45) is 1.57. The first-order chi connectivity index (χ1) is 9.47. The van der Waals surface area contributed by atoms with Gasteiger partial charge in [-0.3, -0.25) is 9.00 Å². The molecular formula is C15H14FNO2S. The number of anilines is 1. The normalized spacial score (nSPS) is 11.9. The van der Waals surface area contributed by atoms with Crippen LogP contribution in [0.1, 0.15) is 15.9 Å². The van der Waals surface area contributed by atoms with E-state index in [0.717, 1.165) is 5.56 Å². The van der Waals surface area contributed by atoms with Crippen LogP contribution in [0.4, 0.5) is 10.1 Å². The van der Waals surface area contributed by atoms with Crippen molar-refractivity contribution in [2.24, 2.45) is 0 Å². The molecule has 1 atom stereocenters. The number of halogens is 1. The third-order valence-electron chi connectivity index (χ3n) is 2.82. The minimum Gasteiger partial charge on any atom is -0.319 e. The average molecular weight is 291 g/mol. The van der Waals surface area contributed by atoms with Gasteiger partial charge in [0.2, 0.25) is 0 Å². The van der Waals surface area contributed by atoms with Gasteiger partial charge in [-0.15, -0.1) is 0 Å². The minimum absolute atomic E-state index is 0.151. The SMILES string of the molecule is Cc1ccc(F)c(NC(=O)c2ccc(S(C)=O)cc2)c1. The summed E-state index contributed by atoms with van der Waals surface area (Å²) in [7, 11) is -1.09. The summed E-state index contributed by atoms with van der Waals surface area (Å²) in [6, 6.07) is 10.9. The standard InChI is InChI=1S/C15H14FNO2S/c1-10-3-8-13(16)14(9-10)17-15(18)11-4-6-12(7-5-11)20(2)19/h3-9H,1-2H3,(H,17,18). The van der Waals surface area contributed by atoms with Crippen molar-refractivity contribution in [3.63, 3.8) is 0 Å². The zero-order valence-corrected chi connectivity index (χ0v) is 12.0. The van der Waals surface area contributed by atoms with Crippen molar-refractivity contribution in [1.82, 2.24) is 0 Å². The molecule has 5 heteroatoms. The number of rotatable bonds is 3. The maximum Gasteiger partial charge on any atom is 0.255 e. The van der Waals surface area contributed by atoms with Crippen molar-refractivity contribution in [1.29, 1.82) is 0 Å². The van der Waals surface area contributed by atoms with Crippen LogP contribution in [0.25, 0.3) is 0 Å². The largest absolute Gasteiger partial charge is 0.319 e. The van der Waals surface area contributed by atoms with Gasteiger partial charge in [-0.2, -0.15) is 0 Å². The molecular weight excluding hydrogens is 277 g/mol. The Bertz CT molecular complexity index is 668. The molecule has 2 aromatic rings. The number of benzene rings is 2. The van der Waals surface area contributed by atoms with E-state index >= 15 is 0 Å². The topological polar surface area (TPSA) is 46.2 Å². The Labute approximate surface area is 119 Å². The molecule has 1 unspecified atom stereocenters. The second kappa shape index (κ2) is 5.96. The molecule has 20 heavy (non-hydrogen) atoms. The number of hydrogen-bond acceptors (Lipinski definition) is 2. The highest BCUT2D eigenvalue weighted by molar-refractivity contribution is 7.84. The van der Waals surface area contributed by atoms with E-state index < -0.39 is 22.5 Å². The van der Waals surface area contributed by atoms with Gasteiger partial charge >= 0.3 is 0 Å². The van der Waals surface area contributed by atoms with E-state index in [1.165, 1.54) is 6.07 Å². The van der Waals surface area contributed by atoms with Gasteiger partial charge in [-0.25, -0.2) is 4.39 Å². The smallest absolute Gasteiger partial charge is 0.255 e. The Kier molecular flexibility index (Phi) is 4.29. The van der Waals surface area contributed by atoms with E-state index in [2.05, 4.69) is 5.32 Å². The summed E-state index contributed by atoms with van der Waals surface area (Å²) in [4.78, 5) is 12.6. The van der Waals surface area contributed by atoms with Gasteiger partial charge in [-0.05, 0) is 48.9 Å². The second-order valence-electron chi connectivity index (χ2n) is 4.42. The van der Waals surface area contributed by atoms with E-state index in [1.54, 1.807) is 42.7 Å². The van der Waals surface area contributed by atoms with Gasteiger partial charge in [0.15, 0.2) is 0 Å². The lowest BCUT2D eigenvalue weighted by molar-refractivity contribution is 0.102. The van der Waals surface area contributed by atoms with Crippen molar-refractivity contribution < 1.29 is 13.4 Å². The Morgan fingerprint density at radius 1 is 1.15 bits per heavy atom. The fraction of sp³-hybridized carbons (Fsp3) is 0.133. The molecule has 104 valence electrons. The highest BCUT2D eigenvalue weighted by Gasteiger charge is 2.10. The lowest BCUT2D eigenvalue weighted by atomic mass is 10.2. The van der Waals surface area contributed by atoms with E-state index in [1.807, 2.05) is 6.92 Å². The van der Waals surface area contributed by atoms with Crippen LogP contribution in [0.15, 0.2) is 47.4 Å². The number of carbonyl (C=O) groups is 1. The van der Waals surface area contributed by atoms with Gasteiger partial charge in [0.05, 0.1) is 5.69 Å². The predicted octanol–water partition coefficient (Wildman–Crippen LogP) is 3.12. The molecule has 0 aliphatic carbocycles. The van der Waals surface area contributed by atoms with Gasteiger partial charge in [-0.1, -0.05) is 6.07 Å². The number of aryl methyl sites for hydroxylation is 1. The zero-order valence-electron chi connectivity index (χ0n) is 11.1. The molecule has 0 aromatic heterocycles. The highest BCUT2D eigenvalue weighted by atomic mass is 32.2.